The minimum absolute atomic E-state index is 0.00912. The predicted octanol–water partition coefficient (Wildman–Crippen LogP) is 1.29. The fourth-order valence-electron chi connectivity index (χ4n) is 6.42. The highest BCUT2D eigenvalue weighted by Crippen LogP contribution is 2.37. The minimum atomic E-state index is -4.13. The number of para-hydroxylation sites is 1. The average molecular weight is 587 g/mol. The smallest absolute Gasteiger partial charge is 0.247 e. The first-order valence-electron chi connectivity index (χ1n) is 14.3. The lowest BCUT2D eigenvalue weighted by Gasteiger charge is -2.43. The summed E-state index contributed by atoms with van der Waals surface area (Å²) in [4.78, 5) is 18.1. The van der Waals surface area contributed by atoms with E-state index in [2.05, 4.69) is 15.1 Å². The summed E-state index contributed by atoms with van der Waals surface area (Å²) in [5.41, 5.74) is 1.13. The number of rotatable bonds is 3. The summed E-state index contributed by atoms with van der Waals surface area (Å²) in [6, 6.07) is 11.4. The predicted molar refractivity (Wildman–Crippen MR) is 151 cm³/mol. The van der Waals surface area contributed by atoms with E-state index >= 15 is 0 Å². The lowest BCUT2D eigenvalue weighted by Crippen LogP contribution is -2.59. The lowest BCUT2D eigenvalue weighted by atomic mass is 9.84. The summed E-state index contributed by atoms with van der Waals surface area (Å²) in [6.45, 7) is 4.68. The van der Waals surface area contributed by atoms with E-state index in [0.717, 1.165) is 15.6 Å². The molecule has 4 aliphatic rings. The standard InChI is InChI=1S/C29H38N4O7S/c34-23-18-24-28(36)30-29(7-10-31(11-8-29)19-21-3-1-2-4-25(21)35)9-14-40-26-17-22(32-12-15-39-16-13-32)5-6-27(26)41(37,38)33(24)20-23/h1-6,17,23-24,34-35H,7-16,18-20H2,(H,30,36)/t23-,24+/m1/s1. The van der Waals surface area contributed by atoms with Crippen LogP contribution in [0.2, 0.25) is 0 Å². The van der Waals surface area contributed by atoms with Crippen LogP contribution in [0.5, 0.6) is 11.5 Å². The molecule has 0 unspecified atom stereocenters. The van der Waals surface area contributed by atoms with Crippen LogP contribution in [0.25, 0.3) is 0 Å². The monoisotopic (exact) mass is 586 g/mol. The van der Waals surface area contributed by atoms with E-state index in [4.69, 9.17) is 9.47 Å². The maximum absolute atomic E-state index is 13.9. The third kappa shape index (κ3) is 5.76. The summed E-state index contributed by atoms with van der Waals surface area (Å²) in [6.07, 6.45) is 0.927. The fourth-order valence-corrected chi connectivity index (χ4v) is 8.17. The van der Waals surface area contributed by atoms with Gasteiger partial charge in [0.15, 0.2) is 0 Å². The van der Waals surface area contributed by atoms with Crippen molar-refractivity contribution in [3.63, 3.8) is 0 Å². The van der Waals surface area contributed by atoms with E-state index in [-0.39, 0.29) is 41.9 Å². The zero-order chi connectivity index (χ0) is 28.6. The number of morpholine rings is 1. The van der Waals surface area contributed by atoms with Gasteiger partial charge in [-0.2, -0.15) is 4.31 Å². The first kappa shape index (κ1) is 28.2. The van der Waals surface area contributed by atoms with Crippen molar-refractivity contribution in [2.75, 3.05) is 57.4 Å². The van der Waals surface area contributed by atoms with Gasteiger partial charge in [-0.1, -0.05) is 18.2 Å². The third-order valence-electron chi connectivity index (χ3n) is 8.85. The molecular formula is C29H38N4O7S. The van der Waals surface area contributed by atoms with Gasteiger partial charge in [0.1, 0.15) is 22.4 Å². The Labute approximate surface area is 240 Å². The van der Waals surface area contributed by atoms with E-state index in [1.54, 1.807) is 30.3 Å². The summed E-state index contributed by atoms with van der Waals surface area (Å²) in [5.74, 6) is 0.143. The van der Waals surface area contributed by atoms with Gasteiger partial charge in [0.25, 0.3) is 0 Å². The third-order valence-corrected chi connectivity index (χ3v) is 10.8. The first-order chi connectivity index (χ1) is 19.7. The molecule has 1 amide bonds. The van der Waals surface area contributed by atoms with Crippen LogP contribution >= 0.6 is 0 Å². The van der Waals surface area contributed by atoms with Crippen LogP contribution in [0.4, 0.5) is 5.69 Å². The molecule has 3 fully saturated rings. The molecule has 0 saturated carbocycles. The Morgan fingerprint density at radius 1 is 1.00 bits per heavy atom. The van der Waals surface area contributed by atoms with Crippen LogP contribution < -0.4 is 15.0 Å². The maximum Gasteiger partial charge on any atom is 0.247 e. The van der Waals surface area contributed by atoms with E-state index in [9.17, 15) is 23.4 Å². The molecule has 2 aromatic carbocycles. The van der Waals surface area contributed by atoms with Crippen LogP contribution in [-0.2, 0) is 26.1 Å². The number of ether oxygens (including phenoxy) is 2. The van der Waals surface area contributed by atoms with Crippen molar-refractivity contribution in [2.24, 2.45) is 0 Å². The number of aliphatic hydroxyl groups excluding tert-OH is 1. The second-order valence-electron chi connectivity index (χ2n) is 11.5. The topological polar surface area (TPSA) is 132 Å². The van der Waals surface area contributed by atoms with Gasteiger partial charge < -0.3 is 29.9 Å². The van der Waals surface area contributed by atoms with Crippen molar-refractivity contribution >= 4 is 21.6 Å². The Morgan fingerprint density at radius 3 is 2.51 bits per heavy atom. The normalized spacial score (nSPS) is 26.9. The van der Waals surface area contributed by atoms with Crippen LogP contribution in [-0.4, -0.2) is 104 Å². The molecule has 4 aliphatic heterocycles. The van der Waals surface area contributed by atoms with Gasteiger partial charge in [-0.3, -0.25) is 9.69 Å². The molecule has 0 aromatic heterocycles. The molecule has 2 aromatic rings. The largest absolute Gasteiger partial charge is 0.508 e. The van der Waals surface area contributed by atoms with E-state index in [1.165, 1.54) is 0 Å². The number of phenolic OH excluding ortho intramolecular Hbond substituents is 1. The number of phenols is 1. The number of anilines is 1. The number of hydrogen-bond acceptors (Lipinski definition) is 9. The number of amides is 1. The zero-order valence-electron chi connectivity index (χ0n) is 23.1. The van der Waals surface area contributed by atoms with E-state index < -0.39 is 27.7 Å². The quantitative estimate of drug-likeness (QED) is 0.487. The first-order valence-corrected chi connectivity index (χ1v) is 15.8. The molecule has 6 rings (SSSR count). The number of benzene rings is 2. The molecule has 3 saturated heterocycles. The Morgan fingerprint density at radius 2 is 1.76 bits per heavy atom. The number of piperidine rings is 1. The molecular weight excluding hydrogens is 548 g/mol. The minimum Gasteiger partial charge on any atom is -0.508 e. The number of fused-ring (bicyclic) bond motifs is 2. The van der Waals surface area contributed by atoms with Gasteiger partial charge in [-0.25, -0.2) is 8.42 Å². The molecule has 0 aliphatic carbocycles. The molecule has 11 nitrogen and oxygen atoms in total. The number of sulfonamides is 1. The second kappa shape index (κ2) is 11.4. The highest BCUT2D eigenvalue weighted by Gasteiger charge is 2.47. The second-order valence-corrected chi connectivity index (χ2v) is 13.3. The molecule has 2 atom stereocenters. The number of nitrogens with zero attached hydrogens (tertiary/aromatic N) is 3. The van der Waals surface area contributed by atoms with Gasteiger partial charge in [-0.05, 0) is 31.0 Å². The number of likely N-dealkylation sites (tertiary alicyclic amines) is 1. The highest BCUT2D eigenvalue weighted by molar-refractivity contribution is 7.89. The van der Waals surface area contributed by atoms with Gasteiger partial charge >= 0.3 is 0 Å². The number of carbonyl (C=O) groups is 1. The van der Waals surface area contributed by atoms with Gasteiger partial charge in [-0.15, -0.1) is 0 Å². The molecule has 1 spiro atoms. The Bertz CT molecular complexity index is 1370. The zero-order valence-corrected chi connectivity index (χ0v) is 23.9. The maximum atomic E-state index is 13.9. The van der Waals surface area contributed by atoms with Gasteiger partial charge in [0.2, 0.25) is 15.9 Å². The Balaban J connectivity index is 1.28. The molecule has 0 radical (unpaired) electrons. The van der Waals surface area contributed by atoms with Gasteiger partial charge in [0.05, 0.1) is 25.9 Å². The molecule has 0 bridgehead atoms. The van der Waals surface area contributed by atoms with E-state index in [0.29, 0.717) is 65.2 Å². The summed E-state index contributed by atoms with van der Waals surface area (Å²) < 4.78 is 40.7. The molecule has 222 valence electrons. The SMILES string of the molecule is O=C1NC2(CCOc3cc(N4CCOCC4)ccc3S(=O)(=O)N3C[C@H](O)C[C@@H]13)CCN(Cc1ccccc1O)CC2. The van der Waals surface area contributed by atoms with Crippen molar-refractivity contribution < 1.29 is 32.9 Å². The molecule has 3 N–H and O–H groups in total. The van der Waals surface area contributed by atoms with Crippen LogP contribution in [0.1, 0.15) is 31.2 Å². The Kier molecular flexibility index (Phi) is 7.86. The number of carbonyl (C=O) groups excluding carboxylic acids is 1. The Hall–Kier alpha value is -2.90. The number of hydrogen-bond donors (Lipinski definition) is 3. The summed E-state index contributed by atoms with van der Waals surface area (Å²) in [7, 11) is -4.13. The average Bonchev–Trinajstić information content (AvgIpc) is 3.38. The summed E-state index contributed by atoms with van der Waals surface area (Å²) in [5, 5.41) is 23.9. The molecule has 12 heteroatoms. The summed E-state index contributed by atoms with van der Waals surface area (Å²) >= 11 is 0. The highest BCUT2D eigenvalue weighted by atomic mass is 32.2. The van der Waals surface area contributed by atoms with Crippen molar-refractivity contribution in [1.29, 1.82) is 0 Å². The number of nitrogens with one attached hydrogen (secondary N) is 1. The van der Waals surface area contributed by atoms with Crippen molar-refractivity contribution in [2.45, 2.75) is 54.8 Å². The van der Waals surface area contributed by atoms with Crippen LogP contribution in [0.3, 0.4) is 0 Å². The van der Waals surface area contributed by atoms with Crippen LogP contribution in [0.15, 0.2) is 47.4 Å². The lowest BCUT2D eigenvalue weighted by molar-refractivity contribution is -0.127. The number of aliphatic hydroxyl groups is 1. The van der Waals surface area contributed by atoms with Crippen molar-refractivity contribution in [3.8, 4) is 11.5 Å². The van der Waals surface area contributed by atoms with E-state index in [1.807, 2.05) is 12.1 Å². The van der Waals surface area contributed by atoms with Crippen molar-refractivity contribution in [3.05, 3.63) is 48.0 Å². The number of aromatic hydroxyl groups is 1. The molecule has 41 heavy (non-hydrogen) atoms. The molecule has 4 heterocycles. The van der Waals surface area contributed by atoms with Gasteiger partial charge in [0, 0.05) is 75.0 Å². The van der Waals surface area contributed by atoms with Crippen molar-refractivity contribution in [1.82, 2.24) is 14.5 Å². The fraction of sp³-hybridized carbons (Fsp3) is 0.552. The van der Waals surface area contributed by atoms with Crippen LogP contribution in [0, 0.1) is 0 Å².